The fourth-order valence-electron chi connectivity index (χ4n) is 4.58. The maximum Gasteiger partial charge on any atom is 0.246 e. The van der Waals surface area contributed by atoms with Crippen molar-refractivity contribution in [1.82, 2.24) is 10.2 Å². The van der Waals surface area contributed by atoms with Crippen LogP contribution < -0.4 is 10.2 Å². The number of aryl methyl sites for hydroxylation is 1. The normalized spacial score (nSPS) is 21.9. The van der Waals surface area contributed by atoms with Crippen LogP contribution in [-0.4, -0.2) is 50.0 Å². The first-order chi connectivity index (χ1) is 12.2. The Bertz CT molecular complexity index is 680. The standard InChI is InChI=1S/C20H28N4O/c1-21-19(23-13-11-20(15-23)9-5-10-20)22-14-18(25)24-12-4-7-16-6-2-3-8-17(16)24/h2-3,6,8H,4-5,7,9-15H2,1H3,(H,21,22). The Kier molecular flexibility index (Phi) is 4.40. The molecule has 2 heterocycles. The molecule has 1 spiro atoms. The van der Waals surface area contributed by atoms with E-state index < -0.39 is 0 Å². The summed E-state index contributed by atoms with van der Waals surface area (Å²) in [5, 5.41) is 3.31. The Balaban J connectivity index is 1.37. The smallest absolute Gasteiger partial charge is 0.246 e. The van der Waals surface area contributed by atoms with Crippen LogP contribution in [0.5, 0.6) is 0 Å². The molecule has 1 aromatic carbocycles. The lowest BCUT2D eigenvalue weighted by molar-refractivity contribution is -0.117. The lowest BCUT2D eigenvalue weighted by Crippen LogP contribution is -2.47. The van der Waals surface area contributed by atoms with E-state index in [-0.39, 0.29) is 5.91 Å². The van der Waals surface area contributed by atoms with E-state index in [2.05, 4.69) is 33.4 Å². The van der Waals surface area contributed by atoms with Crippen molar-refractivity contribution in [3.8, 4) is 0 Å². The summed E-state index contributed by atoms with van der Waals surface area (Å²) in [6, 6.07) is 8.25. The molecule has 0 bridgehead atoms. The van der Waals surface area contributed by atoms with Crippen molar-refractivity contribution < 1.29 is 4.79 Å². The molecule has 3 aliphatic rings. The summed E-state index contributed by atoms with van der Waals surface area (Å²) in [5.41, 5.74) is 2.89. The first kappa shape index (κ1) is 16.4. The molecule has 25 heavy (non-hydrogen) atoms. The molecule has 0 radical (unpaired) electrons. The minimum Gasteiger partial charge on any atom is -0.347 e. The molecule has 2 aliphatic heterocycles. The van der Waals surface area contributed by atoms with Crippen molar-refractivity contribution in [2.75, 3.05) is 38.1 Å². The van der Waals surface area contributed by atoms with Crippen LogP contribution in [0, 0.1) is 5.41 Å². The lowest BCUT2D eigenvalue weighted by Gasteiger charge is -2.38. The molecule has 1 aromatic rings. The van der Waals surface area contributed by atoms with E-state index in [4.69, 9.17) is 0 Å². The summed E-state index contributed by atoms with van der Waals surface area (Å²) in [7, 11) is 1.81. The molecule has 2 fully saturated rings. The number of para-hydroxylation sites is 1. The van der Waals surface area contributed by atoms with E-state index in [1.807, 2.05) is 18.0 Å². The van der Waals surface area contributed by atoms with Gasteiger partial charge >= 0.3 is 0 Å². The predicted octanol–water partition coefficient (Wildman–Crippen LogP) is 2.42. The van der Waals surface area contributed by atoms with Crippen LogP contribution in [0.15, 0.2) is 29.3 Å². The van der Waals surface area contributed by atoms with Gasteiger partial charge in [-0.2, -0.15) is 0 Å². The molecule has 4 rings (SSSR count). The first-order valence-corrected chi connectivity index (χ1v) is 9.55. The molecule has 1 saturated carbocycles. The SMILES string of the molecule is CN=C(NCC(=O)N1CCCc2ccccc21)N1CCC2(CCC2)C1. The Morgan fingerprint density at radius 1 is 1.20 bits per heavy atom. The fourth-order valence-corrected chi connectivity index (χ4v) is 4.58. The molecule has 1 saturated heterocycles. The molecule has 0 atom stereocenters. The Labute approximate surface area is 150 Å². The van der Waals surface area contributed by atoms with Crippen molar-refractivity contribution in [2.24, 2.45) is 10.4 Å². The van der Waals surface area contributed by atoms with Gasteiger partial charge in [-0.05, 0) is 49.1 Å². The second-order valence-corrected chi connectivity index (χ2v) is 7.70. The Morgan fingerprint density at radius 2 is 2.04 bits per heavy atom. The van der Waals surface area contributed by atoms with Crippen molar-refractivity contribution in [3.05, 3.63) is 29.8 Å². The number of amides is 1. The largest absolute Gasteiger partial charge is 0.347 e. The molecular formula is C20H28N4O. The van der Waals surface area contributed by atoms with Gasteiger partial charge in [0.25, 0.3) is 0 Å². The van der Waals surface area contributed by atoms with Gasteiger partial charge in [-0.25, -0.2) is 0 Å². The number of likely N-dealkylation sites (tertiary alicyclic amines) is 1. The molecule has 5 heteroatoms. The van der Waals surface area contributed by atoms with Gasteiger partial charge in [-0.3, -0.25) is 9.79 Å². The van der Waals surface area contributed by atoms with Gasteiger partial charge in [0.2, 0.25) is 5.91 Å². The molecule has 1 N–H and O–H groups in total. The summed E-state index contributed by atoms with van der Waals surface area (Å²) >= 11 is 0. The van der Waals surface area contributed by atoms with Crippen molar-refractivity contribution in [1.29, 1.82) is 0 Å². The monoisotopic (exact) mass is 340 g/mol. The summed E-state index contributed by atoms with van der Waals surface area (Å²) in [5.74, 6) is 1.01. The summed E-state index contributed by atoms with van der Waals surface area (Å²) in [6.07, 6.45) is 7.43. The van der Waals surface area contributed by atoms with Crippen molar-refractivity contribution >= 4 is 17.6 Å². The average molecular weight is 340 g/mol. The minimum absolute atomic E-state index is 0.130. The van der Waals surface area contributed by atoms with Gasteiger partial charge in [0.1, 0.15) is 0 Å². The topological polar surface area (TPSA) is 47.9 Å². The van der Waals surface area contributed by atoms with Crippen LogP contribution in [0.3, 0.4) is 0 Å². The van der Waals surface area contributed by atoms with Crippen LogP contribution in [0.25, 0.3) is 0 Å². The first-order valence-electron chi connectivity index (χ1n) is 9.55. The summed E-state index contributed by atoms with van der Waals surface area (Å²) < 4.78 is 0. The van der Waals surface area contributed by atoms with Crippen LogP contribution in [0.4, 0.5) is 5.69 Å². The van der Waals surface area contributed by atoms with Crippen molar-refractivity contribution in [3.63, 3.8) is 0 Å². The molecule has 0 aromatic heterocycles. The number of nitrogens with one attached hydrogen (secondary N) is 1. The Hall–Kier alpha value is -2.04. The van der Waals surface area contributed by atoms with Gasteiger partial charge in [0.05, 0.1) is 6.54 Å². The zero-order valence-corrected chi connectivity index (χ0v) is 15.1. The number of hydrogen-bond donors (Lipinski definition) is 1. The second-order valence-electron chi connectivity index (χ2n) is 7.70. The third kappa shape index (κ3) is 3.12. The quantitative estimate of drug-likeness (QED) is 0.664. The van der Waals surface area contributed by atoms with Gasteiger partial charge in [0.15, 0.2) is 5.96 Å². The number of anilines is 1. The van der Waals surface area contributed by atoms with E-state index in [0.29, 0.717) is 12.0 Å². The molecule has 1 amide bonds. The fraction of sp³-hybridized carbons (Fsp3) is 0.600. The number of aliphatic imine (C=N–C) groups is 1. The molecule has 134 valence electrons. The number of carbonyl (C=O) groups is 1. The maximum atomic E-state index is 12.8. The minimum atomic E-state index is 0.130. The molecule has 1 aliphatic carbocycles. The highest BCUT2D eigenvalue weighted by atomic mass is 16.2. The lowest BCUT2D eigenvalue weighted by atomic mass is 9.68. The summed E-state index contributed by atoms with van der Waals surface area (Å²) in [4.78, 5) is 21.5. The highest BCUT2D eigenvalue weighted by molar-refractivity contribution is 5.98. The maximum absolute atomic E-state index is 12.8. The number of hydrogen-bond acceptors (Lipinski definition) is 2. The zero-order chi connectivity index (χ0) is 17.3. The third-order valence-corrected chi connectivity index (χ3v) is 6.17. The van der Waals surface area contributed by atoms with E-state index in [9.17, 15) is 4.79 Å². The number of guanidine groups is 1. The van der Waals surface area contributed by atoms with E-state index >= 15 is 0 Å². The average Bonchev–Trinajstić information content (AvgIpc) is 3.07. The van der Waals surface area contributed by atoms with Crippen LogP contribution in [-0.2, 0) is 11.2 Å². The van der Waals surface area contributed by atoms with Crippen molar-refractivity contribution in [2.45, 2.75) is 38.5 Å². The Morgan fingerprint density at radius 3 is 2.76 bits per heavy atom. The van der Waals surface area contributed by atoms with E-state index in [0.717, 1.165) is 44.1 Å². The number of benzene rings is 1. The highest BCUT2D eigenvalue weighted by Gasteiger charge is 2.43. The van der Waals surface area contributed by atoms with Gasteiger partial charge < -0.3 is 15.1 Å². The van der Waals surface area contributed by atoms with Gasteiger partial charge in [-0.1, -0.05) is 24.6 Å². The molecule has 0 unspecified atom stereocenters. The van der Waals surface area contributed by atoms with Gasteiger partial charge in [0, 0.05) is 32.4 Å². The molecule has 5 nitrogen and oxygen atoms in total. The summed E-state index contributed by atoms with van der Waals surface area (Å²) in [6.45, 7) is 3.27. The number of nitrogens with zero attached hydrogens (tertiary/aromatic N) is 3. The zero-order valence-electron chi connectivity index (χ0n) is 15.1. The van der Waals surface area contributed by atoms with Crippen LogP contribution >= 0.6 is 0 Å². The van der Waals surface area contributed by atoms with Crippen LogP contribution in [0.2, 0.25) is 0 Å². The van der Waals surface area contributed by atoms with E-state index in [1.54, 1.807) is 0 Å². The van der Waals surface area contributed by atoms with E-state index in [1.165, 1.54) is 31.2 Å². The van der Waals surface area contributed by atoms with Crippen LogP contribution in [0.1, 0.15) is 37.7 Å². The number of rotatable bonds is 2. The second kappa shape index (κ2) is 6.70. The number of carbonyl (C=O) groups excluding carboxylic acids is 1. The number of fused-ring (bicyclic) bond motifs is 1. The molecular weight excluding hydrogens is 312 g/mol. The third-order valence-electron chi connectivity index (χ3n) is 6.17. The predicted molar refractivity (Wildman–Crippen MR) is 101 cm³/mol. The highest BCUT2D eigenvalue weighted by Crippen LogP contribution is 2.47. The van der Waals surface area contributed by atoms with Gasteiger partial charge in [-0.15, -0.1) is 0 Å².